The summed E-state index contributed by atoms with van der Waals surface area (Å²) < 4.78 is 1.74. The van der Waals surface area contributed by atoms with Gasteiger partial charge in [0.05, 0.1) is 21.4 Å². The summed E-state index contributed by atoms with van der Waals surface area (Å²) in [5.41, 5.74) is 7.89. The summed E-state index contributed by atoms with van der Waals surface area (Å²) in [4.78, 5) is 26.4. The van der Waals surface area contributed by atoms with Crippen molar-refractivity contribution in [2.75, 3.05) is 0 Å². The minimum atomic E-state index is -1.15. The number of nitro benzene ring substituents is 1. The maximum Gasteiger partial charge on any atom is 0.320 e. The number of carboxylic acids is 1. The molecule has 0 aliphatic carbocycles. The van der Waals surface area contributed by atoms with E-state index in [1.165, 1.54) is 0 Å². The van der Waals surface area contributed by atoms with E-state index < -0.39 is 16.9 Å². The zero-order valence-electron chi connectivity index (χ0n) is 13.4. The molecule has 0 aliphatic heterocycles. The number of nitrogens with zero attached hydrogens (tertiary/aromatic N) is 3. The van der Waals surface area contributed by atoms with E-state index in [2.05, 4.69) is 4.98 Å². The molecule has 1 unspecified atom stereocenters. The third-order valence-electron chi connectivity index (χ3n) is 4.14. The Morgan fingerprint density at radius 2 is 2.04 bits per heavy atom. The van der Waals surface area contributed by atoms with Crippen LogP contribution in [0.15, 0.2) is 42.9 Å². The Morgan fingerprint density at radius 1 is 1.36 bits per heavy atom. The molecule has 8 heteroatoms. The second-order valence-corrected chi connectivity index (χ2v) is 5.76. The summed E-state index contributed by atoms with van der Waals surface area (Å²) in [5.74, 6) is -1.15. The van der Waals surface area contributed by atoms with Gasteiger partial charge in [-0.3, -0.25) is 19.9 Å². The first-order valence-electron chi connectivity index (χ1n) is 7.54. The lowest BCUT2D eigenvalue weighted by atomic mass is 9.98. The summed E-state index contributed by atoms with van der Waals surface area (Å²) in [5, 5.41) is 21.3. The first kappa shape index (κ1) is 16.6. The average molecular weight is 340 g/mol. The molecule has 0 saturated carbocycles. The lowest BCUT2D eigenvalue weighted by Crippen LogP contribution is -2.32. The molecule has 0 radical (unpaired) electrons. The van der Waals surface area contributed by atoms with Crippen LogP contribution in [0.25, 0.3) is 22.0 Å². The molecule has 0 amide bonds. The van der Waals surface area contributed by atoms with Crippen LogP contribution in [-0.4, -0.2) is 31.6 Å². The molecular weight excluding hydrogens is 324 g/mol. The summed E-state index contributed by atoms with van der Waals surface area (Å²) >= 11 is 0. The monoisotopic (exact) mass is 340 g/mol. The van der Waals surface area contributed by atoms with Crippen molar-refractivity contribution in [1.82, 2.24) is 9.55 Å². The number of aliphatic carboxylic acids is 1. The van der Waals surface area contributed by atoms with Crippen molar-refractivity contribution in [1.29, 1.82) is 0 Å². The number of rotatable bonds is 5. The molecule has 3 aromatic rings. The summed E-state index contributed by atoms with van der Waals surface area (Å²) in [6, 6.07) is 5.74. The fourth-order valence-corrected chi connectivity index (χ4v) is 2.99. The highest BCUT2D eigenvalue weighted by Crippen LogP contribution is 2.39. The number of nitrogens with two attached hydrogens (primary N) is 1. The number of carbonyl (C=O) groups is 1. The van der Waals surface area contributed by atoms with Crippen LogP contribution in [0.5, 0.6) is 0 Å². The number of aromatic nitrogens is 2. The van der Waals surface area contributed by atoms with Crippen molar-refractivity contribution < 1.29 is 14.8 Å². The van der Waals surface area contributed by atoms with Crippen molar-refractivity contribution in [3.8, 4) is 11.1 Å². The molecule has 0 bridgehead atoms. The van der Waals surface area contributed by atoms with Gasteiger partial charge in [0.15, 0.2) is 0 Å². The summed E-state index contributed by atoms with van der Waals surface area (Å²) in [7, 11) is 1.76. The van der Waals surface area contributed by atoms with Crippen LogP contribution >= 0.6 is 0 Å². The molecule has 128 valence electrons. The van der Waals surface area contributed by atoms with Crippen molar-refractivity contribution >= 4 is 22.6 Å². The first-order chi connectivity index (χ1) is 11.9. The maximum atomic E-state index is 11.8. The molecule has 1 aromatic carbocycles. The van der Waals surface area contributed by atoms with Crippen LogP contribution in [0.4, 0.5) is 5.69 Å². The molecule has 1 atom stereocenters. The van der Waals surface area contributed by atoms with Gasteiger partial charge in [-0.2, -0.15) is 0 Å². The highest BCUT2D eigenvalue weighted by Gasteiger charge is 2.26. The second-order valence-electron chi connectivity index (χ2n) is 5.76. The molecule has 0 spiro atoms. The van der Waals surface area contributed by atoms with Gasteiger partial charge in [0.25, 0.3) is 5.69 Å². The Balaban J connectivity index is 2.29. The second kappa shape index (κ2) is 6.33. The number of hydrogen-bond acceptors (Lipinski definition) is 5. The lowest BCUT2D eigenvalue weighted by molar-refractivity contribution is -0.382. The van der Waals surface area contributed by atoms with E-state index in [9.17, 15) is 14.9 Å². The van der Waals surface area contributed by atoms with E-state index in [1.54, 1.807) is 54.5 Å². The first-order valence-corrected chi connectivity index (χ1v) is 7.54. The van der Waals surface area contributed by atoms with Gasteiger partial charge in [-0.1, -0.05) is 0 Å². The molecule has 2 aromatic heterocycles. The minimum Gasteiger partial charge on any atom is -0.480 e. The Kier molecular flexibility index (Phi) is 4.20. The highest BCUT2D eigenvalue weighted by molar-refractivity contribution is 5.99. The zero-order valence-corrected chi connectivity index (χ0v) is 13.4. The largest absolute Gasteiger partial charge is 0.480 e. The number of hydrogen-bond donors (Lipinski definition) is 2. The van der Waals surface area contributed by atoms with Crippen LogP contribution in [-0.2, 0) is 18.3 Å². The number of carboxylic acid groups (broad SMARTS) is 1. The van der Waals surface area contributed by atoms with E-state index in [0.29, 0.717) is 27.6 Å². The molecule has 25 heavy (non-hydrogen) atoms. The third kappa shape index (κ3) is 2.94. The van der Waals surface area contributed by atoms with E-state index >= 15 is 0 Å². The van der Waals surface area contributed by atoms with Crippen molar-refractivity contribution in [3.05, 3.63) is 58.5 Å². The van der Waals surface area contributed by atoms with Gasteiger partial charge in [0.1, 0.15) is 6.04 Å². The number of nitro groups is 1. The number of pyridine rings is 1. The standard InChI is InChI=1S/C17H16N4O4/c1-20-9-11(8-13(18)17(22)23)15-14(20)3-2-12(16(15)21(24)25)10-4-6-19-7-5-10/h2-7,9,13H,8,18H2,1H3,(H,22,23). The zero-order chi connectivity index (χ0) is 18.1. The molecule has 2 heterocycles. The highest BCUT2D eigenvalue weighted by atomic mass is 16.6. The van der Waals surface area contributed by atoms with E-state index in [1.807, 2.05) is 0 Å². The predicted octanol–water partition coefficient (Wildman–Crippen LogP) is 2.10. The van der Waals surface area contributed by atoms with E-state index in [0.717, 1.165) is 0 Å². The van der Waals surface area contributed by atoms with Gasteiger partial charge in [0.2, 0.25) is 0 Å². The normalized spacial score (nSPS) is 12.2. The maximum absolute atomic E-state index is 11.8. The number of benzene rings is 1. The van der Waals surface area contributed by atoms with Gasteiger partial charge < -0.3 is 15.4 Å². The fraction of sp³-hybridized carbons (Fsp3) is 0.176. The molecule has 0 aliphatic rings. The van der Waals surface area contributed by atoms with Gasteiger partial charge in [-0.25, -0.2) is 0 Å². The molecule has 0 saturated heterocycles. The Hall–Kier alpha value is -3.26. The van der Waals surface area contributed by atoms with Crippen LogP contribution in [0.3, 0.4) is 0 Å². The van der Waals surface area contributed by atoms with Crippen molar-refractivity contribution in [2.45, 2.75) is 12.5 Å². The van der Waals surface area contributed by atoms with Crippen LogP contribution in [0, 0.1) is 10.1 Å². The van der Waals surface area contributed by atoms with E-state index in [4.69, 9.17) is 10.8 Å². The third-order valence-corrected chi connectivity index (χ3v) is 4.14. The Morgan fingerprint density at radius 3 is 2.64 bits per heavy atom. The van der Waals surface area contributed by atoms with Crippen LogP contribution in [0.1, 0.15) is 5.56 Å². The Labute approximate surface area is 142 Å². The van der Waals surface area contributed by atoms with Gasteiger partial charge in [0, 0.05) is 32.1 Å². The number of fused-ring (bicyclic) bond motifs is 1. The SMILES string of the molecule is Cn1cc(CC(N)C(=O)O)c2c([N+](=O)[O-])c(-c3ccncc3)ccc21. The van der Waals surface area contributed by atoms with Crippen LogP contribution < -0.4 is 5.73 Å². The molecule has 0 fully saturated rings. The van der Waals surface area contributed by atoms with Gasteiger partial charge >= 0.3 is 5.97 Å². The summed E-state index contributed by atoms with van der Waals surface area (Å²) in [6.45, 7) is 0. The van der Waals surface area contributed by atoms with Gasteiger partial charge in [-0.05, 0) is 35.4 Å². The minimum absolute atomic E-state index is 0.00725. The molecule has 3 rings (SSSR count). The number of aryl methyl sites for hydroxylation is 1. The van der Waals surface area contributed by atoms with Crippen LogP contribution in [0.2, 0.25) is 0 Å². The quantitative estimate of drug-likeness (QED) is 0.541. The van der Waals surface area contributed by atoms with Crippen molar-refractivity contribution in [3.63, 3.8) is 0 Å². The average Bonchev–Trinajstić information content (AvgIpc) is 2.90. The fourth-order valence-electron chi connectivity index (χ4n) is 2.99. The van der Waals surface area contributed by atoms with E-state index in [-0.39, 0.29) is 12.1 Å². The Bertz CT molecular complexity index is 966. The topological polar surface area (TPSA) is 124 Å². The summed E-state index contributed by atoms with van der Waals surface area (Å²) in [6.07, 6.45) is 4.83. The molecule has 3 N–H and O–H groups in total. The smallest absolute Gasteiger partial charge is 0.320 e. The molecule has 8 nitrogen and oxygen atoms in total. The molecular formula is C17H16N4O4. The van der Waals surface area contributed by atoms with Gasteiger partial charge in [-0.15, -0.1) is 0 Å². The lowest BCUT2D eigenvalue weighted by Gasteiger charge is -2.08. The van der Waals surface area contributed by atoms with Crippen molar-refractivity contribution in [2.24, 2.45) is 12.8 Å². The predicted molar refractivity (Wildman–Crippen MR) is 92.1 cm³/mol.